The molecular weight excluding hydrogens is 907 g/mol. The maximum atomic E-state index is 2.46. The van der Waals surface area contributed by atoms with Gasteiger partial charge >= 0.3 is 0 Å². The maximum Gasteiger partial charge on any atom is 0.0618 e. The Morgan fingerprint density at radius 3 is 1.17 bits per heavy atom. The normalized spacial score (nSPS) is 11.7. The second kappa shape index (κ2) is 17.4. The fraction of sp³-hybridized carbons (Fsp3) is 0. The molecule has 2 aromatic heterocycles. The first-order valence-corrected chi connectivity index (χ1v) is 25.8. The molecule has 0 amide bonds. The summed E-state index contributed by atoms with van der Waals surface area (Å²) in [5, 5.41) is 12.1. The number of benzene rings is 13. The predicted octanol–water partition coefficient (Wildman–Crippen LogP) is 19.8. The van der Waals surface area contributed by atoms with Crippen LogP contribution in [-0.4, -0.2) is 9.13 Å². The Morgan fingerprint density at radius 1 is 0.227 bits per heavy atom. The summed E-state index contributed by atoms with van der Waals surface area (Å²) in [5.41, 5.74) is 17.4. The third-order valence-corrected chi connectivity index (χ3v) is 15.4. The largest absolute Gasteiger partial charge is 0.309 e. The smallest absolute Gasteiger partial charge is 0.0618 e. The first-order valence-electron chi connectivity index (χ1n) is 25.8. The van der Waals surface area contributed by atoms with Crippen LogP contribution in [0.2, 0.25) is 0 Å². The molecule has 0 saturated heterocycles. The van der Waals surface area contributed by atoms with Crippen molar-refractivity contribution in [2.45, 2.75) is 0 Å². The van der Waals surface area contributed by atoms with Gasteiger partial charge in [-0.3, -0.25) is 0 Å². The molecule has 0 saturated carbocycles. The van der Waals surface area contributed by atoms with E-state index in [4.69, 9.17) is 0 Å². The van der Waals surface area contributed by atoms with Crippen molar-refractivity contribution in [1.29, 1.82) is 0 Å². The highest BCUT2D eigenvalue weighted by Crippen LogP contribution is 2.50. The second-order valence-electron chi connectivity index (χ2n) is 19.7. The van der Waals surface area contributed by atoms with Crippen LogP contribution in [0.4, 0.5) is 17.1 Å². The van der Waals surface area contributed by atoms with Gasteiger partial charge in [0.25, 0.3) is 0 Å². The Labute approximate surface area is 434 Å². The van der Waals surface area contributed by atoms with Crippen LogP contribution in [0.5, 0.6) is 0 Å². The standard InChI is InChI=1S/C72H47N3/c1-4-22-55(23-5-1)73(58-39-36-48-20-10-11-21-49(48)45-58)72-65-32-14-12-30-63(65)71(64-31-13-15-33-66(64)72)54-43-52(50-37-40-61-59-28-16-18-34-67(59)74(69(61)46-50)56-24-6-2-7-25-56)42-53(44-54)51-38-41-62-60-29-17-19-35-68(60)75(70(62)47-51)57-26-8-3-9-27-57/h1-47H. The number of hydrogen-bond donors (Lipinski definition) is 0. The summed E-state index contributed by atoms with van der Waals surface area (Å²) < 4.78 is 4.84. The summed E-state index contributed by atoms with van der Waals surface area (Å²) in [4.78, 5) is 2.46. The molecule has 15 aromatic rings. The van der Waals surface area contributed by atoms with E-state index < -0.39 is 0 Å². The SMILES string of the molecule is c1ccc(N(c2ccc3ccccc3c2)c2c3ccccc3c(-c3cc(-c4ccc5c6ccccc6n(-c6ccccc6)c5c4)cc(-c4ccc5c6ccccc6n(-c6ccccc6)c5c4)c3)c3ccccc23)cc1. The van der Waals surface area contributed by atoms with Crippen LogP contribution in [0.15, 0.2) is 285 Å². The van der Waals surface area contributed by atoms with Crippen molar-refractivity contribution in [2.24, 2.45) is 0 Å². The number of nitrogens with zero attached hydrogens (tertiary/aromatic N) is 3. The summed E-state index contributed by atoms with van der Waals surface area (Å²) in [6.45, 7) is 0. The van der Waals surface area contributed by atoms with E-state index in [9.17, 15) is 0 Å². The fourth-order valence-electron chi connectivity index (χ4n) is 12.1. The van der Waals surface area contributed by atoms with Crippen molar-refractivity contribution in [3.8, 4) is 44.8 Å². The minimum absolute atomic E-state index is 1.10. The Bertz CT molecular complexity index is 4470. The third-order valence-electron chi connectivity index (χ3n) is 15.4. The summed E-state index contributed by atoms with van der Waals surface area (Å²) in [6.07, 6.45) is 0. The monoisotopic (exact) mass is 953 g/mol. The molecule has 3 nitrogen and oxygen atoms in total. The minimum atomic E-state index is 1.10. The van der Waals surface area contributed by atoms with Gasteiger partial charge in [-0.05, 0) is 146 Å². The molecular formula is C72H47N3. The lowest BCUT2D eigenvalue weighted by molar-refractivity contribution is 1.18. The zero-order valence-electron chi connectivity index (χ0n) is 41.0. The molecule has 3 heteroatoms. The van der Waals surface area contributed by atoms with Gasteiger partial charge in [0, 0.05) is 55.1 Å². The van der Waals surface area contributed by atoms with Crippen molar-refractivity contribution < 1.29 is 0 Å². The quantitative estimate of drug-likeness (QED) is 0.138. The van der Waals surface area contributed by atoms with Crippen LogP contribution < -0.4 is 4.90 Å². The number of hydrogen-bond acceptors (Lipinski definition) is 1. The number of rotatable bonds is 8. The second-order valence-corrected chi connectivity index (χ2v) is 19.7. The van der Waals surface area contributed by atoms with Crippen LogP contribution in [0, 0.1) is 0 Å². The molecule has 0 aliphatic carbocycles. The molecule has 75 heavy (non-hydrogen) atoms. The number of anilines is 3. The molecule has 350 valence electrons. The zero-order chi connectivity index (χ0) is 49.4. The molecule has 0 unspecified atom stereocenters. The number of fused-ring (bicyclic) bond motifs is 9. The third kappa shape index (κ3) is 6.97. The van der Waals surface area contributed by atoms with E-state index in [0.29, 0.717) is 0 Å². The predicted molar refractivity (Wildman–Crippen MR) is 319 cm³/mol. The van der Waals surface area contributed by atoms with Crippen molar-refractivity contribution in [2.75, 3.05) is 4.90 Å². The van der Waals surface area contributed by atoms with E-state index in [2.05, 4.69) is 299 Å². The Morgan fingerprint density at radius 2 is 0.640 bits per heavy atom. The first-order chi connectivity index (χ1) is 37.2. The number of para-hydroxylation sites is 5. The molecule has 0 aliphatic heterocycles. The van der Waals surface area contributed by atoms with E-state index in [0.717, 1.165) is 56.3 Å². The van der Waals surface area contributed by atoms with Crippen LogP contribution >= 0.6 is 0 Å². The molecule has 0 atom stereocenters. The lowest BCUT2D eigenvalue weighted by Crippen LogP contribution is -2.11. The molecule has 0 aliphatic rings. The Balaban J connectivity index is 1.02. The van der Waals surface area contributed by atoms with Gasteiger partial charge < -0.3 is 14.0 Å². The Hall–Kier alpha value is -9.96. The van der Waals surface area contributed by atoms with Gasteiger partial charge in [-0.2, -0.15) is 0 Å². The highest BCUT2D eigenvalue weighted by molar-refractivity contribution is 6.23. The van der Waals surface area contributed by atoms with E-state index >= 15 is 0 Å². The molecule has 2 heterocycles. The van der Waals surface area contributed by atoms with Gasteiger partial charge in [0.2, 0.25) is 0 Å². The van der Waals surface area contributed by atoms with Crippen molar-refractivity contribution >= 4 is 93.0 Å². The summed E-state index contributed by atoms with van der Waals surface area (Å²) in [5.74, 6) is 0. The van der Waals surface area contributed by atoms with Crippen LogP contribution in [0.1, 0.15) is 0 Å². The Kier molecular flexibility index (Phi) is 9.89. The van der Waals surface area contributed by atoms with E-state index in [1.807, 2.05) is 0 Å². The van der Waals surface area contributed by atoms with Crippen LogP contribution in [-0.2, 0) is 0 Å². The minimum Gasteiger partial charge on any atom is -0.309 e. The molecule has 0 spiro atoms. The summed E-state index contributed by atoms with van der Waals surface area (Å²) in [6, 6.07) is 105. The van der Waals surface area contributed by atoms with Crippen molar-refractivity contribution in [1.82, 2.24) is 9.13 Å². The van der Waals surface area contributed by atoms with Gasteiger partial charge in [-0.25, -0.2) is 0 Å². The average molecular weight is 954 g/mol. The van der Waals surface area contributed by atoms with Gasteiger partial charge in [0.1, 0.15) is 0 Å². The van der Waals surface area contributed by atoms with Gasteiger partial charge in [0.05, 0.1) is 27.8 Å². The fourth-order valence-corrected chi connectivity index (χ4v) is 12.1. The highest BCUT2D eigenvalue weighted by Gasteiger charge is 2.24. The first kappa shape index (κ1) is 42.7. The van der Waals surface area contributed by atoms with Gasteiger partial charge in [-0.1, -0.05) is 194 Å². The van der Waals surface area contributed by atoms with Gasteiger partial charge in [0.15, 0.2) is 0 Å². The van der Waals surface area contributed by atoms with Crippen molar-refractivity contribution in [3.63, 3.8) is 0 Å². The molecule has 0 N–H and O–H groups in total. The lowest BCUT2D eigenvalue weighted by Gasteiger charge is -2.30. The van der Waals surface area contributed by atoms with Crippen molar-refractivity contribution in [3.05, 3.63) is 285 Å². The molecule has 13 aromatic carbocycles. The molecule has 0 radical (unpaired) electrons. The zero-order valence-corrected chi connectivity index (χ0v) is 41.0. The summed E-state index contributed by atoms with van der Waals surface area (Å²) in [7, 11) is 0. The van der Waals surface area contributed by atoms with E-state index in [1.54, 1.807) is 0 Å². The lowest BCUT2D eigenvalue weighted by atomic mass is 9.87. The van der Waals surface area contributed by atoms with Crippen LogP contribution in [0.3, 0.4) is 0 Å². The molecule has 0 fully saturated rings. The number of aromatic nitrogens is 2. The molecule has 15 rings (SSSR count). The van der Waals surface area contributed by atoms with E-state index in [-0.39, 0.29) is 0 Å². The average Bonchev–Trinajstić information content (AvgIpc) is 4.04. The highest BCUT2D eigenvalue weighted by atomic mass is 15.1. The van der Waals surface area contributed by atoms with Gasteiger partial charge in [-0.15, -0.1) is 0 Å². The summed E-state index contributed by atoms with van der Waals surface area (Å²) >= 11 is 0. The molecule has 0 bridgehead atoms. The topological polar surface area (TPSA) is 13.1 Å². The maximum absolute atomic E-state index is 2.46. The van der Waals surface area contributed by atoms with Crippen LogP contribution in [0.25, 0.3) is 121 Å². The van der Waals surface area contributed by atoms with E-state index in [1.165, 1.54) is 81.5 Å².